The molecule has 0 aliphatic heterocycles. The van der Waals surface area contributed by atoms with Crippen LogP contribution in [0.15, 0.2) is 12.2 Å². The van der Waals surface area contributed by atoms with Gasteiger partial charge in [0.2, 0.25) is 5.41 Å². The Labute approximate surface area is 267 Å². The number of ketones is 4. The smallest absolute Gasteiger partial charge is 0.377 e. The summed E-state index contributed by atoms with van der Waals surface area (Å²) in [6, 6.07) is -1.22. The summed E-state index contributed by atoms with van der Waals surface area (Å²) in [6.07, 6.45) is 12.8. The Morgan fingerprint density at radius 2 is 1.29 bits per heavy atom. The predicted molar refractivity (Wildman–Crippen MR) is 168 cm³/mol. The van der Waals surface area contributed by atoms with Gasteiger partial charge in [-0.05, 0) is 72.3 Å². The minimum atomic E-state index is -3.10. The summed E-state index contributed by atoms with van der Waals surface area (Å²) >= 11 is 0. The molecule has 0 aliphatic carbocycles. The molecule has 0 saturated carbocycles. The number of aliphatic hydroxyl groups excluding tert-OH is 2. The van der Waals surface area contributed by atoms with Crippen LogP contribution in [0, 0.1) is 10.8 Å². The van der Waals surface area contributed by atoms with Crippen LogP contribution in [0.3, 0.4) is 0 Å². The van der Waals surface area contributed by atoms with Gasteiger partial charge in [0.1, 0.15) is 23.3 Å². The van der Waals surface area contributed by atoms with Crippen molar-refractivity contribution in [3.8, 4) is 0 Å². The molecule has 0 rings (SSSR count). The molecule has 0 aromatic heterocycles. The molecule has 45 heavy (non-hydrogen) atoms. The van der Waals surface area contributed by atoms with Crippen molar-refractivity contribution in [2.24, 2.45) is 22.3 Å². The zero-order chi connectivity index (χ0) is 34.5. The van der Waals surface area contributed by atoms with Crippen molar-refractivity contribution < 1.29 is 48.8 Å². The van der Waals surface area contributed by atoms with Crippen molar-refractivity contribution in [2.75, 3.05) is 13.2 Å². The zero-order valence-corrected chi connectivity index (χ0v) is 27.6. The molecule has 0 fully saturated rings. The Bertz CT molecular complexity index is 982. The normalized spacial score (nSPS) is 14.4. The molecule has 3 atom stereocenters. The lowest BCUT2D eigenvalue weighted by atomic mass is 9.53. The third kappa shape index (κ3) is 12.1. The number of aliphatic hydroxyl groups is 2. The summed E-state index contributed by atoms with van der Waals surface area (Å²) in [5.41, 5.74) is 5.34. The molecule has 12 heteroatoms. The molecule has 0 amide bonds. The molecule has 6 N–H and O–H groups in total. The third-order valence-electron chi connectivity index (χ3n) is 8.28. The number of hydrogen-bond donors (Lipinski definition) is 4. The zero-order valence-electron chi connectivity index (χ0n) is 27.6. The van der Waals surface area contributed by atoms with Crippen molar-refractivity contribution in [1.82, 2.24) is 0 Å². The second-order valence-corrected chi connectivity index (χ2v) is 11.7. The van der Waals surface area contributed by atoms with Crippen LogP contribution in [-0.4, -0.2) is 70.6 Å². The number of hydrogen-bond acceptors (Lipinski definition) is 12. The predicted octanol–water partition coefficient (Wildman–Crippen LogP) is 3.36. The highest BCUT2D eigenvalue weighted by Crippen LogP contribution is 2.49. The molecule has 0 aliphatic rings. The first kappa shape index (κ1) is 42.2. The highest BCUT2D eigenvalue weighted by Gasteiger charge is 2.71. The minimum absolute atomic E-state index is 0.107. The molecule has 0 aromatic carbocycles. The first-order valence-corrected chi connectivity index (χ1v) is 16.2. The van der Waals surface area contributed by atoms with E-state index in [1.807, 2.05) is 6.08 Å². The van der Waals surface area contributed by atoms with Gasteiger partial charge in [0, 0.05) is 0 Å². The summed E-state index contributed by atoms with van der Waals surface area (Å²) in [5.74, 6) is -7.85. The number of allylic oxidation sites excluding steroid dienone is 2. The maximum Gasteiger partial charge on any atom is 0.377 e. The highest BCUT2D eigenvalue weighted by atomic mass is 17.2. The minimum Gasteiger partial charge on any atom is -0.393 e. The van der Waals surface area contributed by atoms with Crippen molar-refractivity contribution in [1.29, 1.82) is 0 Å². The summed E-state index contributed by atoms with van der Waals surface area (Å²) in [6.45, 7) is 3.99. The Hall–Kier alpha value is -2.80. The molecule has 0 heterocycles. The van der Waals surface area contributed by atoms with Gasteiger partial charge in [-0.3, -0.25) is 19.2 Å². The number of Topliss-reactive ketones (excluding diaryl/α,β-unsaturated/α-hetero) is 4. The van der Waals surface area contributed by atoms with Gasteiger partial charge in [0.25, 0.3) is 0 Å². The lowest BCUT2D eigenvalue weighted by molar-refractivity contribution is -0.268. The van der Waals surface area contributed by atoms with E-state index in [1.165, 1.54) is 32.1 Å². The quantitative estimate of drug-likeness (QED) is 0.0352. The summed E-state index contributed by atoms with van der Waals surface area (Å²) in [5, 5.41) is 19.9. The fourth-order valence-corrected chi connectivity index (χ4v) is 5.72. The highest BCUT2D eigenvalue weighted by molar-refractivity contribution is 6.30. The standard InChI is InChI=1S/C33H56N2O10/c1-5-6-7-8-9-10-11-12-13-14-15-16-18-21-32(24(2)37,29(41)28(40)23-36)33(25(3)38,26(4)39)31(43)45-44-30(42)27(35)20-17-19-22-34/h12-13,27-28,36,40H,5-11,14-23,34-35H2,1-4H3/b13-12-. The van der Waals surface area contributed by atoms with Gasteiger partial charge in [0.05, 0.1) is 6.61 Å². The first-order valence-electron chi connectivity index (χ1n) is 16.2. The topological polar surface area (TPSA) is 213 Å². The van der Waals surface area contributed by atoms with Crippen LogP contribution in [0.25, 0.3) is 0 Å². The number of carbonyl (C=O) groups is 6. The molecular formula is C33H56N2O10. The SMILES string of the molecule is CCCCCCCC/C=C\CCCCCC(C(C)=O)(C(=O)C(O)CO)C(C(C)=O)(C(C)=O)C(=O)OOC(=O)C(N)CCCCN. The second-order valence-electron chi connectivity index (χ2n) is 11.7. The van der Waals surface area contributed by atoms with Crippen LogP contribution in [0.1, 0.15) is 124 Å². The maximum atomic E-state index is 13.6. The number of carbonyl (C=O) groups excluding carboxylic acids is 6. The number of unbranched alkanes of at least 4 members (excludes halogenated alkanes) is 10. The fourth-order valence-electron chi connectivity index (χ4n) is 5.72. The van der Waals surface area contributed by atoms with Crippen LogP contribution < -0.4 is 11.5 Å². The van der Waals surface area contributed by atoms with Gasteiger partial charge in [-0.1, -0.05) is 70.4 Å². The van der Waals surface area contributed by atoms with E-state index in [4.69, 9.17) is 11.5 Å². The molecule has 0 saturated heterocycles. The Balaban J connectivity index is 5.98. The van der Waals surface area contributed by atoms with Crippen LogP contribution >= 0.6 is 0 Å². The van der Waals surface area contributed by atoms with E-state index in [2.05, 4.69) is 22.8 Å². The van der Waals surface area contributed by atoms with E-state index in [1.54, 1.807) is 0 Å². The van der Waals surface area contributed by atoms with E-state index in [0.717, 1.165) is 33.6 Å². The summed E-state index contributed by atoms with van der Waals surface area (Å²) in [4.78, 5) is 88.7. The van der Waals surface area contributed by atoms with Gasteiger partial charge in [0.15, 0.2) is 17.3 Å². The van der Waals surface area contributed by atoms with Gasteiger partial charge in [-0.15, -0.1) is 0 Å². The Kier molecular flexibility index (Phi) is 21.3. The Morgan fingerprint density at radius 1 is 0.756 bits per heavy atom. The van der Waals surface area contributed by atoms with Gasteiger partial charge in [-0.2, -0.15) is 0 Å². The van der Waals surface area contributed by atoms with Crippen LogP contribution in [0.5, 0.6) is 0 Å². The van der Waals surface area contributed by atoms with Crippen molar-refractivity contribution >= 4 is 35.1 Å². The van der Waals surface area contributed by atoms with E-state index in [0.29, 0.717) is 38.6 Å². The van der Waals surface area contributed by atoms with Crippen LogP contribution in [0.4, 0.5) is 0 Å². The lowest BCUT2D eigenvalue weighted by Gasteiger charge is -2.43. The molecule has 0 aromatic rings. The molecule has 258 valence electrons. The largest absolute Gasteiger partial charge is 0.393 e. The number of nitrogens with two attached hydrogens (primary N) is 2. The van der Waals surface area contributed by atoms with Crippen LogP contribution in [-0.2, 0) is 38.5 Å². The number of rotatable bonds is 26. The molecule has 3 unspecified atom stereocenters. The van der Waals surface area contributed by atoms with Crippen molar-refractivity contribution in [2.45, 2.75) is 136 Å². The Morgan fingerprint density at radius 3 is 1.78 bits per heavy atom. The maximum absolute atomic E-state index is 13.6. The molecule has 0 radical (unpaired) electrons. The van der Waals surface area contributed by atoms with Crippen molar-refractivity contribution in [3.05, 3.63) is 12.2 Å². The van der Waals surface area contributed by atoms with E-state index in [9.17, 15) is 39.0 Å². The van der Waals surface area contributed by atoms with E-state index >= 15 is 0 Å². The summed E-state index contributed by atoms with van der Waals surface area (Å²) < 4.78 is 0. The van der Waals surface area contributed by atoms with Gasteiger partial charge in [-0.25, -0.2) is 19.4 Å². The lowest BCUT2D eigenvalue weighted by Crippen LogP contribution is -2.65. The average molecular weight is 641 g/mol. The monoisotopic (exact) mass is 640 g/mol. The van der Waals surface area contributed by atoms with Crippen LogP contribution in [0.2, 0.25) is 0 Å². The van der Waals surface area contributed by atoms with E-state index in [-0.39, 0.29) is 12.8 Å². The molecule has 0 bridgehead atoms. The van der Waals surface area contributed by atoms with Gasteiger partial charge < -0.3 is 21.7 Å². The first-order chi connectivity index (χ1) is 21.3. The molecule has 0 spiro atoms. The van der Waals surface area contributed by atoms with E-state index < -0.39 is 71.1 Å². The van der Waals surface area contributed by atoms with Crippen molar-refractivity contribution in [3.63, 3.8) is 0 Å². The second kappa shape index (κ2) is 22.7. The fraction of sp³-hybridized carbons (Fsp3) is 0.758. The van der Waals surface area contributed by atoms with Gasteiger partial charge >= 0.3 is 11.9 Å². The molecular weight excluding hydrogens is 584 g/mol. The summed E-state index contributed by atoms with van der Waals surface area (Å²) in [7, 11) is 0. The third-order valence-corrected chi connectivity index (χ3v) is 8.28. The average Bonchev–Trinajstić information content (AvgIpc) is 3.00. The molecule has 12 nitrogen and oxygen atoms in total.